The fourth-order valence-corrected chi connectivity index (χ4v) is 3.44. The summed E-state index contributed by atoms with van der Waals surface area (Å²) in [4.78, 5) is 18.9. The molecule has 0 atom stereocenters. The van der Waals surface area contributed by atoms with E-state index in [1.165, 1.54) is 0 Å². The van der Waals surface area contributed by atoms with Crippen molar-refractivity contribution < 1.29 is 14.7 Å². The Balaban J connectivity index is 1.72. The van der Waals surface area contributed by atoms with E-state index in [1.807, 2.05) is 36.4 Å². The summed E-state index contributed by atoms with van der Waals surface area (Å²) in [6.07, 6.45) is 0. The van der Waals surface area contributed by atoms with E-state index in [9.17, 15) is 4.79 Å². The number of hydroxylamine groups is 1. The van der Waals surface area contributed by atoms with Crippen LogP contribution in [0.15, 0.2) is 48.5 Å². The molecule has 7 nitrogen and oxygen atoms in total. The van der Waals surface area contributed by atoms with Gasteiger partial charge < -0.3 is 9.30 Å². The van der Waals surface area contributed by atoms with Gasteiger partial charge in [0.2, 0.25) is 0 Å². The van der Waals surface area contributed by atoms with E-state index in [2.05, 4.69) is 9.47 Å². The van der Waals surface area contributed by atoms with E-state index in [1.54, 1.807) is 17.6 Å². The molecule has 0 bridgehead atoms. The third-order valence-electron chi connectivity index (χ3n) is 4.89. The molecule has 0 radical (unpaired) electrons. The van der Waals surface area contributed by atoms with Gasteiger partial charge in [0.1, 0.15) is 5.82 Å². The highest BCUT2D eigenvalue weighted by atomic mass is 16.5. The summed E-state index contributed by atoms with van der Waals surface area (Å²) in [5.41, 5.74) is 4.79. The number of amides is 1. The molecular formula is C20H22N4O3. The molecule has 4 rings (SSSR count). The number of ether oxygens (including phenoxy) is 1. The van der Waals surface area contributed by atoms with Crippen molar-refractivity contribution in [3.05, 3.63) is 54.1 Å². The first-order chi connectivity index (χ1) is 13.3. The maximum absolute atomic E-state index is 11.7. The molecule has 2 heterocycles. The number of hydrogen-bond acceptors (Lipinski definition) is 5. The minimum Gasteiger partial charge on any atom is -0.379 e. The molecule has 27 heavy (non-hydrogen) atoms. The minimum atomic E-state index is -0.541. The molecular weight excluding hydrogens is 344 g/mol. The number of fused-ring (bicyclic) bond motifs is 1. The molecule has 1 saturated heterocycles. The van der Waals surface area contributed by atoms with Gasteiger partial charge in [0, 0.05) is 37.3 Å². The highest BCUT2D eigenvalue weighted by Crippen LogP contribution is 2.25. The Morgan fingerprint density at radius 3 is 2.63 bits per heavy atom. The minimum absolute atomic E-state index is 0.377. The zero-order chi connectivity index (χ0) is 18.6. The Bertz CT molecular complexity index is 933. The van der Waals surface area contributed by atoms with Crippen LogP contribution in [0.25, 0.3) is 22.4 Å². The van der Waals surface area contributed by atoms with Crippen LogP contribution in [-0.2, 0) is 11.3 Å². The average Bonchev–Trinajstić information content (AvgIpc) is 3.10. The van der Waals surface area contributed by atoms with Crippen molar-refractivity contribution >= 4 is 16.9 Å². The number of aromatic nitrogens is 2. The lowest BCUT2D eigenvalue weighted by atomic mass is 10.2. The van der Waals surface area contributed by atoms with Crippen molar-refractivity contribution in [2.24, 2.45) is 0 Å². The summed E-state index contributed by atoms with van der Waals surface area (Å²) >= 11 is 0. The van der Waals surface area contributed by atoms with Crippen molar-refractivity contribution in [1.29, 1.82) is 0 Å². The molecule has 1 fully saturated rings. The number of hydrogen-bond donors (Lipinski definition) is 2. The van der Waals surface area contributed by atoms with Gasteiger partial charge in [-0.15, -0.1) is 0 Å². The molecule has 140 valence electrons. The molecule has 1 aliphatic heterocycles. The first-order valence-corrected chi connectivity index (χ1v) is 9.06. The second-order valence-corrected chi connectivity index (χ2v) is 6.55. The zero-order valence-electron chi connectivity index (χ0n) is 15.0. The molecule has 1 amide bonds. The van der Waals surface area contributed by atoms with Crippen molar-refractivity contribution in [2.45, 2.75) is 6.54 Å². The Kier molecular flexibility index (Phi) is 5.15. The monoisotopic (exact) mass is 366 g/mol. The van der Waals surface area contributed by atoms with Crippen LogP contribution >= 0.6 is 0 Å². The predicted octanol–water partition coefficient (Wildman–Crippen LogP) is 2.15. The molecule has 3 aromatic rings. The Labute approximate surface area is 157 Å². The lowest BCUT2D eigenvalue weighted by Crippen LogP contribution is -2.38. The molecule has 0 aliphatic carbocycles. The number of nitrogens with zero attached hydrogens (tertiary/aromatic N) is 3. The molecule has 0 spiro atoms. The third kappa shape index (κ3) is 3.71. The van der Waals surface area contributed by atoms with Crippen molar-refractivity contribution in [1.82, 2.24) is 19.9 Å². The van der Waals surface area contributed by atoms with Gasteiger partial charge in [-0.1, -0.05) is 30.3 Å². The molecule has 2 N–H and O–H groups in total. The molecule has 0 saturated carbocycles. The van der Waals surface area contributed by atoms with Gasteiger partial charge in [-0.25, -0.2) is 10.5 Å². The number of rotatable bonds is 5. The van der Waals surface area contributed by atoms with Crippen LogP contribution in [0.2, 0.25) is 0 Å². The van der Waals surface area contributed by atoms with Crippen LogP contribution in [0.5, 0.6) is 0 Å². The number of carbonyl (C=O) groups excluding carboxylic acids is 1. The van der Waals surface area contributed by atoms with Crippen LogP contribution in [0.4, 0.5) is 0 Å². The van der Waals surface area contributed by atoms with Gasteiger partial charge in [-0.2, -0.15) is 0 Å². The van der Waals surface area contributed by atoms with Gasteiger partial charge in [0.05, 0.1) is 24.2 Å². The van der Waals surface area contributed by atoms with Crippen molar-refractivity contribution in [3.63, 3.8) is 0 Å². The third-order valence-corrected chi connectivity index (χ3v) is 4.89. The summed E-state index contributed by atoms with van der Waals surface area (Å²) < 4.78 is 7.62. The SMILES string of the molecule is O=C(NO)c1ccc2c(c1)nc(-c1ccccc1)n2CCN1CCOCC1. The summed E-state index contributed by atoms with van der Waals surface area (Å²) in [5.74, 6) is 0.335. The summed E-state index contributed by atoms with van der Waals surface area (Å²) in [5, 5.41) is 8.89. The Hall–Kier alpha value is -2.74. The molecule has 0 unspecified atom stereocenters. The van der Waals surface area contributed by atoms with Crippen LogP contribution in [0, 0.1) is 0 Å². The van der Waals surface area contributed by atoms with Crippen LogP contribution in [0.3, 0.4) is 0 Å². The summed E-state index contributed by atoms with van der Waals surface area (Å²) in [6, 6.07) is 15.3. The molecule has 2 aromatic carbocycles. The fraction of sp³-hybridized carbons (Fsp3) is 0.300. The zero-order valence-corrected chi connectivity index (χ0v) is 15.0. The standard InChI is InChI=1S/C20H22N4O3/c25-20(22-26)16-6-7-18-17(14-16)21-19(15-4-2-1-3-5-15)24(18)9-8-23-10-12-27-13-11-23/h1-7,14,26H,8-13H2,(H,22,25). The summed E-state index contributed by atoms with van der Waals surface area (Å²) in [7, 11) is 0. The fourth-order valence-electron chi connectivity index (χ4n) is 3.44. The van der Waals surface area contributed by atoms with Gasteiger partial charge in [-0.05, 0) is 18.2 Å². The molecule has 1 aliphatic rings. The number of carbonyl (C=O) groups is 1. The van der Waals surface area contributed by atoms with Crippen molar-refractivity contribution in [2.75, 3.05) is 32.8 Å². The van der Waals surface area contributed by atoms with Crippen LogP contribution < -0.4 is 5.48 Å². The van der Waals surface area contributed by atoms with Crippen LogP contribution in [-0.4, -0.2) is 58.4 Å². The molecule has 7 heteroatoms. The quantitative estimate of drug-likeness (QED) is 0.534. The summed E-state index contributed by atoms with van der Waals surface area (Å²) in [6.45, 7) is 5.13. The maximum atomic E-state index is 11.7. The van der Waals surface area contributed by atoms with Gasteiger partial charge in [-0.3, -0.25) is 14.9 Å². The van der Waals surface area contributed by atoms with E-state index >= 15 is 0 Å². The average molecular weight is 366 g/mol. The first-order valence-electron chi connectivity index (χ1n) is 9.06. The molecule has 1 aromatic heterocycles. The number of morpholine rings is 1. The van der Waals surface area contributed by atoms with E-state index in [0.29, 0.717) is 5.56 Å². The van der Waals surface area contributed by atoms with Crippen LogP contribution in [0.1, 0.15) is 10.4 Å². The number of benzene rings is 2. The largest absolute Gasteiger partial charge is 0.379 e. The highest BCUT2D eigenvalue weighted by Gasteiger charge is 2.16. The Morgan fingerprint density at radius 2 is 1.89 bits per heavy atom. The second-order valence-electron chi connectivity index (χ2n) is 6.55. The Morgan fingerprint density at radius 1 is 1.11 bits per heavy atom. The van der Waals surface area contributed by atoms with Crippen molar-refractivity contribution in [3.8, 4) is 11.4 Å². The maximum Gasteiger partial charge on any atom is 0.274 e. The van der Waals surface area contributed by atoms with E-state index in [-0.39, 0.29) is 0 Å². The topological polar surface area (TPSA) is 79.6 Å². The van der Waals surface area contributed by atoms with Gasteiger partial charge in [0.25, 0.3) is 5.91 Å². The van der Waals surface area contributed by atoms with E-state index in [0.717, 1.165) is 61.8 Å². The lowest BCUT2D eigenvalue weighted by Gasteiger charge is -2.27. The smallest absolute Gasteiger partial charge is 0.274 e. The van der Waals surface area contributed by atoms with E-state index in [4.69, 9.17) is 14.9 Å². The first kappa shape index (κ1) is 17.7. The van der Waals surface area contributed by atoms with Gasteiger partial charge in [0.15, 0.2) is 0 Å². The lowest BCUT2D eigenvalue weighted by molar-refractivity contribution is 0.0366. The number of imidazole rings is 1. The highest BCUT2D eigenvalue weighted by molar-refractivity contribution is 5.97. The van der Waals surface area contributed by atoms with E-state index < -0.39 is 5.91 Å². The number of nitrogens with one attached hydrogen (secondary N) is 1. The predicted molar refractivity (Wildman–Crippen MR) is 102 cm³/mol. The van der Waals surface area contributed by atoms with Gasteiger partial charge >= 0.3 is 0 Å². The second kappa shape index (κ2) is 7.87. The normalized spacial score (nSPS) is 15.1.